The number of aromatic nitrogens is 3. The Balaban J connectivity index is 1.61. The Bertz CT molecular complexity index is 1380. The summed E-state index contributed by atoms with van der Waals surface area (Å²) >= 11 is 6.91. The zero-order valence-corrected chi connectivity index (χ0v) is 19.3. The molecular formula is C22H21ClN6O5. The maximum absolute atomic E-state index is 13.3. The molecule has 0 radical (unpaired) electrons. The van der Waals surface area contributed by atoms with Crippen LogP contribution in [-0.2, 0) is 27.8 Å². The molecule has 2 fully saturated rings. The Hall–Kier alpha value is -3.44. The third kappa shape index (κ3) is 2.65. The largest absolute Gasteiger partial charge is 0.372 e. The molecule has 6 rings (SSSR count). The van der Waals surface area contributed by atoms with E-state index in [2.05, 4.69) is 20.8 Å². The van der Waals surface area contributed by atoms with Crippen molar-refractivity contribution >= 4 is 46.1 Å². The zero-order chi connectivity index (χ0) is 23.9. The Morgan fingerprint density at radius 1 is 1.21 bits per heavy atom. The molecule has 11 nitrogen and oxygen atoms in total. The molecule has 1 aromatic carbocycles. The summed E-state index contributed by atoms with van der Waals surface area (Å²) < 4.78 is 13.5. The lowest BCUT2D eigenvalue weighted by atomic mass is 9.66. The van der Waals surface area contributed by atoms with Crippen LogP contribution in [0.4, 0.5) is 10.5 Å². The van der Waals surface area contributed by atoms with Crippen molar-refractivity contribution < 1.29 is 23.6 Å². The van der Waals surface area contributed by atoms with Crippen LogP contribution in [0.15, 0.2) is 23.0 Å². The van der Waals surface area contributed by atoms with Gasteiger partial charge < -0.3 is 18.7 Å². The van der Waals surface area contributed by atoms with E-state index < -0.39 is 35.4 Å². The molecule has 2 aromatic heterocycles. The van der Waals surface area contributed by atoms with Crippen molar-refractivity contribution in [3.63, 3.8) is 0 Å². The number of fused-ring (bicyclic) bond motifs is 5. The molecule has 3 aromatic rings. The summed E-state index contributed by atoms with van der Waals surface area (Å²) in [5.74, 6) is -0.721. The zero-order valence-electron chi connectivity index (χ0n) is 18.6. The molecule has 34 heavy (non-hydrogen) atoms. The number of ether oxygens (including phenoxy) is 1. The van der Waals surface area contributed by atoms with E-state index in [1.165, 1.54) is 0 Å². The van der Waals surface area contributed by atoms with Gasteiger partial charge in [0.15, 0.2) is 22.5 Å². The number of aryl methyl sites for hydroxylation is 1. The maximum Gasteiger partial charge on any atom is 0.328 e. The van der Waals surface area contributed by atoms with E-state index in [9.17, 15) is 14.4 Å². The molecule has 0 saturated carbocycles. The van der Waals surface area contributed by atoms with Gasteiger partial charge in [0.1, 0.15) is 5.02 Å². The third-order valence-electron chi connectivity index (χ3n) is 7.00. The number of benzene rings is 1. The van der Waals surface area contributed by atoms with Crippen LogP contribution in [-0.4, -0.2) is 57.3 Å². The van der Waals surface area contributed by atoms with Crippen molar-refractivity contribution in [1.29, 1.82) is 0 Å². The number of halogens is 1. The maximum atomic E-state index is 13.3. The smallest absolute Gasteiger partial charge is 0.328 e. The van der Waals surface area contributed by atoms with Crippen molar-refractivity contribution in [2.45, 2.75) is 38.5 Å². The highest BCUT2D eigenvalue weighted by Crippen LogP contribution is 2.51. The molecule has 2 N–H and O–H groups in total. The second kappa shape index (κ2) is 7.03. The van der Waals surface area contributed by atoms with Crippen LogP contribution in [0.3, 0.4) is 0 Å². The summed E-state index contributed by atoms with van der Waals surface area (Å²) in [4.78, 5) is 44.8. The highest BCUT2D eigenvalue weighted by atomic mass is 35.5. The first-order valence-corrected chi connectivity index (χ1v) is 11.3. The molecule has 2 saturated heterocycles. The van der Waals surface area contributed by atoms with E-state index >= 15 is 0 Å². The van der Waals surface area contributed by atoms with Crippen molar-refractivity contribution in [3.05, 3.63) is 29.0 Å². The molecule has 0 bridgehead atoms. The fourth-order valence-electron chi connectivity index (χ4n) is 5.70. The summed E-state index contributed by atoms with van der Waals surface area (Å²) in [5.41, 5.74) is 0.658. The van der Waals surface area contributed by atoms with E-state index in [0.717, 1.165) is 0 Å². The lowest BCUT2D eigenvalue weighted by Gasteiger charge is -2.55. The summed E-state index contributed by atoms with van der Waals surface area (Å²) in [6.45, 7) is 4.12. The van der Waals surface area contributed by atoms with Crippen molar-refractivity contribution in [2.24, 2.45) is 12.5 Å². The molecule has 3 atom stereocenters. The number of morpholine rings is 1. The van der Waals surface area contributed by atoms with Crippen molar-refractivity contribution in [3.8, 4) is 11.5 Å². The molecule has 4 amide bonds. The van der Waals surface area contributed by atoms with E-state index in [4.69, 9.17) is 20.9 Å². The molecule has 5 heterocycles. The fourth-order valence-corrected chi connectivity index (χ4v) is 6.07. The summed E-state index contributed by atoms with van der Waals surface area (Å²) in [6.07, 6.45) is 2.79. The quantitative estimate of drug-likeness (QED) is 0.499. The number of imide groups is 2. The molecular weight excluding hydrogens is 464 g/mol. The van der Waals surface area contributed by atoms with Crippen molar-refractivity contribution in [1.82, 2.24) is 25.3 Å². The summed E-state index contributed by atoms with van der Waals surface area (Å²) in [5, 5.41) is 9.75. The average molecular weight is 485 g/mol. The number of anilines is 1. The van der Waals surface area contributed by atoms with Gasteiger partial charge in [0, 0.05) is 26.0 Å². The number of urea groups is 1. The second-order valence-corrected chi connectivity index (χ2v) is 9.48. The number of imidazole rings is 1. The first-order chi connectivity index (χ1) is 16.2. The number of hydrogen-bond donors (Lipinski definition) is 2. The first-order valence-electron chi connectivity index (χ1n) is 10.9. The predicted octanol–water partition coefficient (Wildman–Crippen LogP) is 1.77. The number of nitrogens with one attached hydrogen (secondary N) is 2. The Labute approximate surface area is 198 Å². The Morgan fingerprint density at radius 3 is 2.62 bits per heavy atom. The number of carbonyl (C=O) groups is 3. The number of amides is 4. The number of rotatable bonds is 1. The molecule has 1 spiro atoms. The van der Waals surface area contributed by atoms with Gasteiger partial charge in [-0.1, -0.05) is 16.8 Å². The van der Waals surface area contributed by atoms with E-state index in [1.807, 2.05) is 31.9 Å². The summed E-state index contributed by atoms with van der Waals surface area (Å²) in [6, 6.07) is 0.327. The van der Waals surface area contributed by atoms with Crippen LogP contribution in [0.5, 0.6) is 0 Å². The highest BCUT2D eigenvalue weighted by molar-refractivity contribution is 6.38. The minimum Gasteiger partial charge on any atom is -0.372 e. The minimum absolute atomic E-state index is 0.0252. The minimum atomic E-state index is -1.59. The van der Waals surface area contributed by atoms with Gasteiger partial charge in [-0.3, -0.25) is 20.2 Å². The SMILES string of the molecule is C[C@H]1CN2c3c(cc4c(-c5nccn5C)noc4c3Cl)CC3(C(=O)NC(=O)NC3=O)[C@@H]2[C@@H](C)O1. The van der Waals surface area contributed by atoms with Gasteiger partial charge in [-0.05, 0) is 31.9 Å². The van der Waals surface area contributed by atoms with Gasteiger partial charge in [0.05, 0.1) is 29.3 Å². The van der Waals surface area contributed by atoms with Gasteiger partial charge in [0.2, 0.25) is 11.8 Å². The van der Waals surface area contributed by atoms with Crippen LogP contribution in [0.2, 0.25) is 5.02 Å². The molecule has 0 unspecified atom stereocenters. The van der Waals surface area contributed by atoms with Crippen LogP contribution in [0.1, 0.15) is 19.4 Å². The van der Waals surface area contributed by atoms with Gasteiger partial charge in [0.25, 0.3) is 0 Å². The normalized spacial score (nSPS) is 25.8. The number of barbiturate groups is 1. The predicted molar refractivity (Wildman–Crippen MR) is 120 cm³/mol. The molecule has 12 heteroatoms. The van der Waals surface area contributed by atoms with Gasteiger partial charge in [-0.15, -0.1) is 0 Å². The number of carbonyl (C=O) groups excluding carboxylic acids is 3. The van der Waals surface area contributed by atoms with Crippen LogP contribution in [0.25, 0.3) is 22.5 Å². The lowest BCUT2D eigenvalue weighted by molar-refractivity contribution is -0.153. The average Bonchev–Trinajstić information content (AvgIpc) is 3.37. The van der Waals surface area contributed by atoms with Gasteiger partial charge in [-0.2, -0.15) is 0 Å². The fraction of sp³-hybridized carbons (Fsp3) is 0.409. The summed E-state index contributed by atoms with van der Waals surface area (Å²) in [7, 11) is 1.84. The topological polar surface area (TPSA) is 132 Å². The lowest BCUT2D eigenvalue weighted by Crippen LogP contribution is -2.75. The van der Waals surface area contributed by atoms with Gasteiger partial charge >= 0.3 is 6.03 Å². The second-order valence-electron chi connectivity index (χ2n) is 9.10. The molecule has 176 valence electrons. The van der Waals surface area contributed by atoms with Crippen molar-refractivity contribution in [2.75, 3.05) is 11.4 Å². The van der Waals surface area contributed by atoms with Crippen LogP contribution >= 0.6 is 11.6 Å². The first kappa shape index (κ1) is 21.1. The third-order valence-corrected chi connectivity index (χ3v) is 7.35. The monoisotopic (exact) mass is 484 g/mol. The molecule has 3 aliphatic rings. The highest BCUT2D eigenvalue weighted by Gasteiger charge is 2.63. The van der Waals surface area contributed by atoms with Crippen LogP contribution in [0, 0.1) is 5.41 Å². The van der Waals surface area contributed by atoms with E-state index in [1.54, 1.807) is 17.0 Å². The Morgan fingerprint density at radius 2 is 1.94 bits per heavy atom. The van der Waals surface area contributed by atoms with Gasteiger partial charge in [-0.25, -0.2) is 9.78 Å². The molecule has 0 aliphatic carbocycles. The number of hydrogen-bond acceptors (Lipinski definition) is 8. The molecule has 3 aliphatic heterocycles. The Kier molecular flexibility index (Phi) is 4.37. The van der Waals surface area contributed by atoms with Crippen LogP contribution < -0.4 is 15.5 Å². The van der Waals surface area contributed by atoms with E-state index in [0.29, 0.717) is 45.3 Å². The standard InChI is InChI=1S/C22H21ClN6O5/c1-9-8-29-15-11(6-12-14(18-24-4-5-28(18)3)27-34-16(12)13(15)23)7-22(17(29)10(2)33-9)19(30)25-21(32)26-20(22)31/h4-6,9-10,17H,7-8H2,1-3H3,(H2,25,26,30,31,32)/t9-,10+,17-/m0/s1. The van der Waals surface area contributed by atoms with E-state index in [-0.39, 0.29) is 12.5 Å². The number of nitrogens with zero attached hydrogens (tertiary/aromatic N) is 4.